The molecule has 1 aliphatic carbocycles. The Morgan fingerprint density at radius 2 is 1.73 bits per heavy atom. The summed E-state index contributed by atoms with van der Waals surface area (Å²) in [5.74, 6) is 0. The Labute approximate surface area is 142 Å². The molecule has 0 bridgehead atoms. The van der Waals surface area contributed by atoms with Crippen molar-refractivity contribution in [2.75, 3.05) is 5.32 Å². The van der Waals surface area contributed by atoms with Gasteiger partial charge in [-0.25, -0.2) is 0 Å². The minimum absolute atomic E-state index is 0.601. The highest BCUT2D eigenvalue weighted by Gasteiger charge is 2.14. The van der Waals surface area contributed by atoms with Crippen molar-refractivity contribution in [1.29, 1.82) is 0 Å². The third kappa shape index (κ3) is 3.77. The minimum atomic E-state index is 0.601. The Balaban J connectivity index is 1.88. The second-order valence-electron chi connectivity index (χ2n) is 6.19. The van der Waals surface area contributed by atoms with Crippen LogP contribution in [0.2, 0.25) is 10.0 Å². The second kappa shape index (κ2) is 6.93. The average molecular weight is 334 g/mol. The van der Waals surface area contributed by atoms with Gasteiger partial charge in [0.2, 0.25) is 0 Å². The molecule has 116 valence electrons. The van der Waals surface area contributed by atoms with E-state index in [9.17, 15) is 0 Å². The minimum Gasteiger partial charge on any atom is -0.382 e. The Morgan fingerprint density at radius 3 is 2.45 bits per heavy atom. The standard InChI is InChI=1S/C19H21Cl2N/c1-13-9-14(18-8-7-15(20)12-19(18)21)11-17(10-13)22-16-5-3-2-4-6-16/h7-12,16,22H,2-6H2,1H3. The summed E-state index contributed by atoms with van der Waals surface area (Å²) in [6.07, 6.45) is 6.58. The quantitative estimate of drug-likeness (QED) is 0.657. The van der Waals surface area contributed by atoms with E-state index in [0.717, 1.165) is 11.1 Å². The van der Waals surface area contributed by atoms with E-state index in [1.807, 2.05) is 12.1 Å². The molecule has 0 aromatic heterocycles. The first kappa shape index (κ1) is 15.7. The summed E-state index contributed by atoms with van der Waals surface area (Å²) in [7, 11) is 0. The van der Waals surface area contributed by atoms with Crippen molar-refractivity contribution >= 4 is 28.9 Å². The summed E-state index contributed by atoms with van der Waals surface area (Å²) in [6, 6.07) is 12.8. The van der Waals surface area contributed by atoms with Gasteiger partial charge in [0.25, 0.3) is 0 Å². The van der Waals surface area contributed by atoms with Crippen molar-refractivity contribution < 1.29 is 0 Å². The maximum absolute atomic E-state index is 6.36. The lowest BCUT2D eigenvalue weighted by molar-refractivity contribution is 0.463. The van der Waals surface area contributed by atoms with Gasteiger partial charge in [0.1, 0.15) is 0 Å². The molecule has 0 aliphatic heterocycles. The van der Waals surface area contributed by atoms with Crippen LogP contribution < -0.4 is 5.32 Å². The van der Waals surface area contributed by atoms with Crippen LogP contribution in [-0.4, -0.2) is 6.04 Å². The monoisotopic (exact) mass is 333 g/mol. The molecule has 0 spiro atoms. The molecule has 3 heteroatoms. The SMILES string of the molecule is Cc1cc(NC2CCCCC2)cc(-c2ccc(Cl)cc2Cl)c1. The largest absolute Gasteiger partial charge is 0.382 e. The third-order valence-corrected chi connectivity index (χ3v) is 4.84. The number of hydrogen-bond donors (Lipinski definition) is 1. The molecule has 2 aromatic carbocycles. The van der Waals surface area contributed by atoms with Crippen LogP contribution in [0, 0.1) is 6.92 Å². The lowest BCUT2D eigenvalue weighted by Crippen LogP contribution is -2.22. The Morgan fingerprint density at radius 1 is 0.955 bits per heavy atom. The van der Waals surface area contributed by atoms with E-state index in [1.165, 1.54) is 43.4 Å². The van der Waals surface area contributed by atoms with Crippen LogP contribution in [-0.2, 0) is 0 Å². The second-order valence-corrected chi connectivity index (χ2v) is 7.03. The fourth-order valence-corrected chi connectivity index (χ4v) is 3.75. The topological polar surface area (TPSA) is 12.0 Å². The van der Waals surface area contributed by atoms with Crippen LogP contribution in [0.3, 0.4) is 0 Å². The van der Waals surface area contributed by atoms with Gasteiger partial charge in [-0.05, 0) is 55.2 Å². The van der Waals surface area contributed by atoms with Crippen molar-refractivity contribution in [2.24, 2.45) is 0 Å². The lowest BCUT2D eigenvalue weighted by atomic mass is 9.95. The van der Waals surface area contributed by atoms with Gasteiger partial charge in [-0.15, -0.1) is 0 Å². The zero-order valence-corrected chi connectivity index (χ0v) is 14.3. The van der Waals surface area contributed by atoms with Crippen molar-refractivity contribution in [3.63, 3.8) is 0 Å². The first-order valence-corrected chi connectivity index (χ1v) is 8.71. The molecule has 1 saturated carbocycles. The maximum atomic E-state index is 6.36. The molecule has 1 nitrogen and oxygen atoms in total. The van der Waals surface area contributed by atoms with E-state index >= 15 is 0 Å². The van der Waals surface area contributed by atoms with Gasteiger partial charge >= 0.3 is 0 Å². The van der Waals surface area contributed by atoms with Gasteiger partial charge in [-0.3, -0.25) is 0 Å². The number of rotatable bonds is 3. The van der Waals surface area contributed by atoms with E-state index in [2.05, 4.69) is 30.4 Å². The van der Waals surface area contributed by atoms with Gasteiger partial charge in [0.05, 0.1) is 0 Å². The average Bonchev–Trinajstić information content (AvgIpc) is 2.47. The number of anilines is 1. The highest BCUT2D eigenvalue weighted by molar-refractivity contribution is 6.36. The molecule has 0 amide bonds. The normalized spacial score (nSPS) is 15.8. The molecule has 1 fully saturated rings. The summed E-state index contributed by atoms with van der Waals surface area (Å²) < 4.78 is 0. The van der Waals surface area contributed by atoms with Crippen LogP contribution in [0.4, 0.5) is 5.69 Å². The van der Waals surface area contributed by atoms with E-state index in [0.29, 0.717) is 16.1 Å². The lowest BCUT2D eigenvalue weighted by Gasteiger charge is -2.24. The molecular weight excluding hydrogens is 313 g/mol. The summed E-state index contributed by atoms with van der Waals surface area (Å²) >= 11 is 12.4. The molecule has 22 heavy (non-hydrogen) atoms. The molecule has 0 radical (unpaired) electrons. The Bertz CT molecular complexity index is 660. The van der Waals surface area contributed by atoms with Crippen LogP contribution in [0.5, 0.6) is 0 Å². The summed E-state index contributed by atoms with van der Waals surface area (Å²) in [5.41, 5.74) is 4.59. The zero-order chi connectivity index (χ0) is 15.5. The van der Waals surface area contributed by atoms with Gasteiger partial charge in [0, 0.05) is 27.3 Å². The van der Waals surface area contributed by atoms with Crippen LogP contribution in [0.25, 0.3) is 11.1 Å². The van der Waals surface area contributed by atoms with Gasteiger partial charge < -0.3 is 5.32 Å². The number of hydrogen-bond acceptors (Lipinski definition) is 1. The van der Waals surface area contributed by atoms with Gasteiger partial charge in [0.15, 0.2) is 0 Å². The molecular formula is C19H21Cl2N. The summed E-state index contributed by atoms with van der Waals surface area (Å²) in [6.45, 7) is 2.12. The number of nitrogens with one attached hydrogen (secondary N) is 1. The molecule has 0 saturated heterocycles. The number of aryl methyl sites for hydroxylation is 1. The molecule has 3 rings (SSSR count). The fraction of sp³-hybridized carbons (Fsp3) is 0.368. The zero-order valence-electron chi connectivity index (χ0n) is 12.8. The predicted octanol–water partition coefficient (Wildman–Crippen LogP) is 6.71. The fourth-order valence-electron chi connectivity index (χ4n) is 3.23. The molecule has 0 unspecified atom stereocenters. The van der Waals surface area contributed by atoms with Crippen LogP contribution in [0.15, 0.2) is 36.4 Å². The van der Waals surface area contributed by atoms with Crippen LogP contribution >= 0.6 is 23.2 Å². The maximum Gasteiger partial charge on any atom is 0.0499 e. The van der Waals surface area contributed by atoms with Crippen molar-refractivity contribution in [3.8, 4) is 11.1 Å². The summed E-state index contributed by atoms with van der Waals surface area (Å²) in [5, 5.41) is 5.06. The van der Waals surface area contributed by atoms with Crippen LogP contribution in [0.1, 0.15) is 37.7 Å². The van der Waals surface area contributed by atoms with E-state index in [1.54, 1.807) is 6.07 Å². The first-order chi connectivity index (χ1) is 10.6. The van der Waals surface area contributed by atoms with Crippen molar-refractivity contribution in [1.82, 2.24) is 0 Å². The van der Waals surface area contributed by atoms with Gasteiger partial charge in [-0.2, -0.15) is 0 Å². The molecule has 0 atom stereocenters. The molecule has 0 heterocycles. The van der Waals surface area contributed by atoms with Gasteiger partial charge in [-0.1, -0.05) is 54.6 Å². The van der Waals surface area contributed by atoms with E-state index in [4.69, 9.17) is 23.2 Å². The highest BCUT2D eigenvalue weighted by Crippen LogP contribution is 2.33. The van der Waals surface area contributed by atoms with E-state index in [-0.39, 0.29) is 0 Å². The third-order valence-electron chi connectivity index (χ3n) is 4.30. The summed E-state index contributed by atoms with van der Waals surface area (Å²) in [4.78, 5) is 0. The van der Waals surface area contributed by atoms with Crippen molar-refractivity contribution in [2.45, 2.75) is 45.1 Å². The molecule has 1 aliphatic rings. The van der Waals surface area contributed by atoms with E-state index < -0.39 is 0 Å². The number of halogens is 2. The molecule has 1 N–H and O–H groups in total. The highest BCUT2D eigenvalue weighted by atomic mass is 35.5. The predicted molar refractivity (Wildman–Crippen MR) is 97.1 cm³/mol. The van der Waals surface area contributed by atoms with Crippen molar-refractivity contribution in [3.05, 3.63) is 52.0 Å². The smallest absolute Gasteiger partial charge is 0.0499 e. The molecule has 2 aromatic rings. The number of benzene rings is 2. The Kier molecular flexibility index (Phi) is 4.95. The first-order valence-electron chi connectivity index (χ1n) is 7.95. The Hall–Kier alpha value is -1.18.